The molecule has 2 aliphatic rings. The highest BCUT2D eigenvalue weighted by Gasteiger charge is 2.49. The second-order valence-corrected chi connectivity index (χ2v) is 4.49. The molecule has 0 saturated carbocycles. The van der Waals surface area contributed by atoms with Gasteiger partial charge in [0, 0.05) is 12.5 Å². The lowest BCUT2D eigenvalue weighted by Crippen LogP contribution is -2.33. The monoisotopic (exact) mass is 186 g/mol. The average Bonchev–Trinajstić information content (AvgIpc) is 2.90. The molecule has 1 N–H and O–H groups in total. The molecule has 0 aromatic heterocycles. The molecule has 3 nitrogen and oxygen atoms in total. The molecule has 76 valence electrons. The maximum atomic E-state index is 9.01. The van der Waals surface area contributed by atoms with Crippen molar-refractivity contribution in [3.63, 3.8) is 0 Å². The molecule has 0 aromatic carbocycles. The van der Waals surface area contributed by atoms with Crippen LogP contribution < -0.4 is 0 Å². The molecule has 0 aromatic rings. The summed E-state index contributed by atoms with van der Waals surface area (Å²) >= 11 is 0. The highest BCUT2D eigenvalue weighted by molar-refractivity contribution is 4.97. The van der Waals surface area contributed by atoms with E-state index in [1.807, 2.05) is 6.92 Å². The third-order valence-corrected chi connectivity index (χ3v) is 3.28. The van der Waals surface area contributed by atoms with Gasteiger partial charge in [0.15, 0.2) is 0 Å². The molecule has 2 aliphatic heterocycles. The molecular formula is C10H18O3. The quantitative estimate of drug-likeness (QED) is 0.667. The summed E-state index contributed by atoms with van der Waals surface area (Å²) < 4.78 is 11.2. The van der Waals surface area contributed by atoms with Crippen molar-refractivity contribution in [2.75, 3.05) is 13.2 Å². The van der Waals surface area contributed by atoms with Gasteiger partial charge in [-0.3, -0.25) is 0 Å². The topological polar surface area (TPSA) is 42.0 Å². The minimum atomic E-state index is -0.0753. The lowest BCUT2D eigenvalue weighted by Gasteiger charge is -2.24. The molecule has 0 radical (unpaired) electrons. The van der Waals surface area contributed by atoms with E-state index in [0.29, 0.717) is 6.10 Å². The zero-order chi connectivity index (χ0) is 9.47. The minimum Gasteiger partial charge on any atom is -0.396 e. The Hall–Kier alpha value is -0.120. The number of hydrogen-bond acceptors (Lipinski definition) is 3. The fourth-order valence-corrected chi connectivity index (χ4v) is 2.05. The molecule has 0 bridgehead atoms. The van der Waals surface area contributed by atoms with Gasteiger partial charge in [-0.2, -0.15) is 0 Å². The van der Waals surface area contributed by atoms with Crippen molar-refractivity contribution in [2.45, 2.75) is 44.5 Å². The SMILES string of the molecule is CC(CO)C1CCC(C)(C2CO2)O1. The number of rotatable bonds is 3. The summed E-state index contributed by atoms with van der Waals surface area (Å²) in [5.41, 5.74) is -0.0753. The van der Waals surface area contributed by atoms with Crippen LogP contribution in [0, 0.1) is 5.92 Å². The second-order valence-electron chi connectivity index (χ2n) is 4.49. The zero-order valence-corrected chi connectivity index (χ0v) is 8.32. The van der Waals surface area contributed by atoms with Crippen molar-refractivity contribution >= 4 is 0 Å². The molecule has 0 aliphatic carbocycles. The van der Waals surface area contributed by atoms with Crippen LogP contribution in [0.15, 0.2) is 0 Å². The predicted molar refractivity (Wildman–Crippen MR) is 48.5 cm³/mol. The minimum absolute atomic E-state index is 0.0753. The van der Waals surface area contributed by atoms with E-state index in [-0.39, 0.29) is 24.2 Å². The highest BCUT2D eigenvalue weighted by atomic mass is 16.6. The molecular weight excluding hydrogens is 168 g/mol. The molecule has 2 fully saturated rings. The van der Waals surface area contributed by atoms with E-state index < -0.39 is 0 Å². The maximum absolute atomic E-state index is 9.01. The number of epoxide rings is 1. The van der Waals surface area contributed by atoms with Gasteiger partial charge >= 0.3 is 0 Å². The van der Waals surface area contributed by atoms with Crippen LogP contribution in [-0.2, 0) is 9.47 Å². The molecule has 4 unspecified atom stereocenters. The van der Waals surface area contributed by atoms with Gasteiger partial charge in [-0.1, -0.05) is 6.92 Å². The third kappa shape index (κ3) is 1.73. The number of ether oxygens (including phenoxy) is 2. The van der Waals surface area contributed by atoms with Gasteiger partial charge in [0.1, 0.15) is 6.10 Å². The van der Waals surface area contributed by atoms with Gasteiger partial charge in [-0.15, -0.1) is 0 Å². The molecule has 13 heavy (non-hydrogen) atoms. The Labute approximate surface area is 79.0 Å². The second kappa shape index (κ2) is 3.23. The number of hydrogen-bond donors (Lipinski definition) is 1. The maximum Gasteiger partial charge on any atom is 0.110 e. The van der Waals surface area contributed by atoms with Crippen LogP contribution in [0.1, 0.15) is 26.7 Å². The van der Waals surface area contributed by atoms with Crippen molar-refractivity contribution in [2.24, 2.45) is 5.92 Å². The Kier molecular flexibility index (Phi) is 2.34. The Bertz CT molecular complexity index is 191. The summed E-state index contributed by atoms with van der Waals surface area (Å²) in [6, 6.07) is 0. The Balaban J connectivity index is 1.92. The predicted octanol–water partition coefficient (Wildman–Crippen LogP) is 0.951. The van der Waals surface area contributed by atoms with Gasteiger partial charge in [-0.25, -0.2) is 0 Å². The normalized spacial score (nSPS) is 46.4. The van der Waals surface area contributed by atoms with Crippen LogP contribution in [0.25, 0.3) is 0 Å². The summed E-state index contributed by atoms with van der Waals surface area (Å²) in [6.45, 7) is 5.21. The Morgan fingerprint density at radius 1 is 1.62 bits per heavy atom. The first kappa shape index (κ1) is 9.44. The molecule has 0 amide bonds. The summed E-state index contributed by atoms with van der Waals surface area (Å²) in [6.07, 6.45) is 2.65. The summed E-state index contributed by atoms with van der Waals surface area (Å²) in [5, 5.41) is 9.01. The van der Waals surface area contributed by atoms with Crippen LogP contribution in [-0.4, -0.2) is 36.1 Å². The van der Waals surface area contributed by atoms with Crippen LogP contribution in [0.4, 0.5) is 0 Å². The molecule has 4 atom stereocenters. The fraction of sp³-hybridized carbons (Fsp3) is 1.00. The van der Waals surface area contributed by atoms with E-state index in [1.54, 1.807) is 0 Å². The van der Waals surface area contributed by atoms with Crippen LogP contribution >= 0.6 is 0 Å². The van der Waals surface area contributed by atoms with Crippen molar-refractivity contribution < 1.29 is 14.6 Å². The first-order valence-electron chi connectivity index (χ1n) is 5.06. The zero-order valence-electron chi connectivity index (χ0n) is 8.32. The fourth-order valence-electron chi connectivity index (χ4n) is 2.05. The Morgan fingerprint density at radius 2 is 2.31 bits per heavy atom. The van der Waals surface area contributed by atoms with Crippen molar-refractivity contribution in [1.29, 1.82) is 0 Å². The van der Waals surface area contributed by atoms with E-state index in [1.165, 1.54) is 0 Å². The van der Waals surface area contributed by atoms with Gasteiger partial charge in [0.2, 0.25) is 0 Å². The van der Waals surface area contributed by atoms with Crippen molar-refractivity contribution in [3.8, 4) is 0 Å². The van der Waals surface area contributed by atoms with Gasteiger partial charge in [-0.05, 0) is 19.8 Å². The van der Waals surface area contributed by atoms with E-state index in [4.69, 9.17) is 14.6 Å². The van der Waals surface area contributed by atoms with Crippen molar-refractivity contribution in [3.05, 3.63) is 0 Å². The standard InChI is InChI=1S/C10H18O3/c1-7(5-11)8-3-4-10(2,13-8)9-6-12-9/h7-9,11H,3-6H2,1-2H3. The number of aliphatic hydroxyl groups is 1. The summed E-state index contributed by atoms with van der Waals surface area (Å²) in [4.78, 5) is 0. The van der Waals surface area contributed by atoms with Gasteiger partial charge in [0.05, 0.1) is 18.3 Å². The Morgan fingerprint density at radius 3 is 2.85 bits per heavy atom. The summed E-state index contributed by atoms with van der Waals surface area (Å²) in [5.74, 6) is 0.251. The van der Waals surface area contributed by atoms with E-state index in [9.17, 15) is 0 Å². The first-order chi connectivity index (χ1) is 6.15. The lowest BCUT2D eigenvalue weighted by molar-refractivity contribution is -0.0699. The molecule has 2 heterocycles. The smallest absolute Gasteiger partial charge is 0.110 e. The first-order valence-corrected chi connectivity index (χ1v) is 5.06. The van der Waals surface area contributed by atoms with Gasteiger partial charge in [0.25, 0.3) is 0 Å². The molecule has 0 spiro atoms. The van der Waals surface area contributed by atoms with Crippen LogP contribution in [0.3, 0.4) is 0 Å². The van der Waals surface area contributed by atoms with Gasteiger partial charge < -0.3 is 14.6 Å². The molecule has 3 heteroatoms. The molecule has 2 rings (SSSR count). The highest BCUT2D eigenvalue weighted by Crippen LogP contribution is 2.41. The summed E-state index contributed by atoms with van der Waals surface area (Å²) in [7, 11) is 0. The van der Waals surface area contributed by atoms with E-state index in [2.05, 4.69) is 6.92 Å². The van der Waals surface area contributed by atoms with E-state index in [0.717, 1.165) is 19.4 Å². The third-order valence-electron chi connectivity index (χ3n) is 3.28. The van der Waals surface area contributed by atoms with Crippen molar-refractivity contribution in [1.82, 2.24) is 0 Å². The lowest BCUT2D eigenvalue weighted by atomic mass is 9.97. The van der Waals surface area contributed by atoms with Crippen LogP contribution in [0.5, 0.6) is 0 Å². The number of aliphatic hydroxyl groups excluding tert-OH is 1. The average molecular weight is 186 g/mol. The van der Waals surface area contributed by atoms with E-state index >= 15 is 0 Å². The largest absolute Gasteiger partial charge is 0.396 e. The van der Waals surface area contributed by atoms with Crippen LogP contribution in [0.2, 0.25) is 0 Å². The molecule has 2 saturated heterocycles.